The van der Waals surface area contributed by atoms with Crippen LogP contribution in [0.2, 0.25) is 0 Å². The molecule has 1 unspecified atom stereocenters. The molecule has 0 aliphatic rings. The number of nitrogens with one attached hydrogen (secondary N) is 3. The summed E-state index contributed by atoms with van der Waals surface area (Å²) >= 11 is 0. The summed E-state index contributed by atoms with van der Waals surface area (Å²) < 4.78 is 12.9. The van der Waals surface area contributed by atoms with Crippen LogP contribution in [-0.2, 0) is 9.59 Å². The van der Waals surface area contributed by atoms with Crippen molar-refractivity contribution in [3.05, 3.63) is 30.1 Å². The maximum atomic E-state index is 12.9. The van der Waals surface area contributed by atoms with Crippen molar-refractivity contribution in [3.8, 4) is 0 Å². The molecular formula is C15H22FN3O2. The zero-order chi connectivity index (χ0) is 15.7. The summed E-state index contributed by atoms with van der Waals surface area (Å²) in [6, 6.07) is 5.85. The molecule has 0 spiro atoms. The van der Waals surface area contributed by atoms with Crippen LogP contribution in [0.25, 0.3) is 0 Å². The summed E-state index contributed by atoms with van der Waals surface area (Å²) in [7, 11) is 0. The first kappa shape index (κ1) is 17.1. The molecule has 0 aliphatic carbocycles. The summed E-state index contributed by atoms with van der Waals surface area (Å²) in [5.74, 6) is -0.715. The van der Waals surface area contributed by atoms with E-state index in [4.69, 9.17) is 0 Å². The fraction of sp³-hybridized carbons (Fsp3) is 0.467. The Morgan fingerprint density at radius 2 is 2.05 bits per heavy atom. The Kier molecular flexibility index (Phi) is 7.39. The van der Waals surface area contributed by atoms with Crippen molar-refractivity contribution < 1.29 is 14.0 Å². The molecule has 0 bridgehead atoms. The van der Waals surface area contributed by atoms with Gasteiger partial charge in [0.25, 0.3) is 0 Å². The van der Waals surface area contributed by atoms with E-state index in [0.29, 0.717) is 18.7 Å². The van der Waals surface area contributed by atoms with E-state index >= 15 is 0 Å². The molecule has 21 heavy (non-hydrogen) atoms. The Balaban J connectivity index is 2.18. The smallest absolute Gasteiger partial charge is 0.238 e. The molecule has 0 heterocycles. The van der Waals surface area contributed by atoms with Crippen molar-refractivity contribution in [2.45, 2.75) is 32.7 Å². The van der Waals surface area contributed by atoms with Gasteiger partial charge in [-0.05, 0) is 31.5 Å². The van der Waals surface area contributed by atoms with Crippen LogP contribution in [0.3, 0.4) is 0 Å². The standard InChI is InChI=1S/C15H22FN3O2/c1-3-11(2)18-14(20)7-8-17-10-15(21)19-13-6-4-5-12(16)9-13/h4-6,9,11,17H,3,7-8,10H2,1-2H3,(H,18,20)(H,19,21). The summed E-state index contributed by atoms with van der Waals surface area (Å²) in [4.78, 5) is 23.1. The van der Waals surface area contributed by atoms with Gasteiger partial charge in [0.1, 0.15) is 5.82 Å². The first-order valence-corrected chi connectivity index (χ1v) is 7.06. The van der Waals surface area contributed by atoms with Crippen molar-refractivity contribution >= 4 is 17.5 Å². The van der Waals surface area contributed by atoms with Crippen molar-refractivity contribution in [3.63, 3.8) is 0 Å². The van der Waals surface area contributed by atoms with Crippen LogP contribution in [0.4, 0.5) is 10.1 Å². The van der Waals surface area contributed by atoms with Crippen LogP contribution in [0.15, 0.2) is 24.3 Å². The van der Waals surface area contributed by atoms with E-state index < -0.39 is 5.82 Å². The number of carbonyl (C=O) groups is 2. The van der Waals surface area contributed by atoms with Crippen LogP contribution in [0.5, 0.6) is 0 Å². The number of benzene rings is 1. The highest BCUT2D eigenvalue weighted by Crippen LogP contribution is 2.08. The second-order valence-electron chi connectivity index (χ2n) is 4.86. The lowest BCUT2D eigenvalue weighted by atomic mass is 10.2. The summed E-state index contributed by atoms with van der Waals surface area (Å²) in [6.07, 6.45) is 1.20. The number of carbonyl (C=O) groups excluding carboxylic acids is 2. The highest BCUT2D eigenvalue weighted by molar-refractivity contribution is 5.92. The molecule has 116 valence electrons. The molecule has 3 N–H and O–H groups in total. The Bertz CT molecular complexity index is 480. The van der Waals surface area contributed by atoms with Crippen LogP contribution in [-0.4, -0.2) is 30.9 Å². The summed E-state index contributed by atoms with van der Waals surface area (Å²) in [6.45, 7) is 4.43. The minimum Gasteiger partial charge on any atom is -0.354 e. The fourth-order valence-electron chi connectivity index (χ4n) is 1.62. The number of amides is 2. The quantitative estimate of drug-likeness (QED) is 0.639. The van der Waals surface area contributed by atoms with E-state index in [2.05, 4.69) is 16.0 Å². The molecule has 0 radical (unpaired) electrons. The normalized spacial score (nSPS) is 11.8. The molecule has 1 rings (SSSR count). The molecule has 0 saturated heterocycles. The van der Waals surface area contributed by atoms with Crippen molar-refractivity contribution in [2.75, 3.05) is 18.4 Å². The Morgan fingerprint density at radius 3 is 2.71 bits per heavy atom. The molecule has 2 amide bonds. The van der Waals surface area contributed by atoms with E-state index in [1.165, 1.54) is 18.2 Å². The van der Waals surface area contributed by atoms with E-state index in [1.54, 1.807) is 6.07 Å². The molecule has 0 aliphatic heterocycles. The van der Waals surface area contributed by atoms with Crippen LogP contribution >= 0.6 is 0 Å². The lowest BCUT2D eigenvalue weighted by Gasteiger charge is -2.11. The van der Waals surface area contributed by atoms with Crippen molar-refractivity contribution in [1.29, 1.82) is 0 Å². The van der Waals surface area contributed by atoms with Crippen LogP contribution in [0, 0.1) is 5.82 Å². The Morgan fingerprint density at radius 1 is 1.29 bits per heavy atom. The second-order valence-corrected chi connectivity index (χ2v) is 4.86. The summed E-state index contributed by atoms with van der Waals surface area (Å²) in [5, 5.41) is 8.29. The predicted molar refractivity (Wildman–Crippen MR) is 80.4 cm³/mol. The maximum absolute atomic E-state index is 12.9. The van der Waals surface area contributed by atoms with Crippen molar-refractivity contribution in [1.82, 2.24) is 10.6 Å². The topological polar surface area (TPSA) is 70.2 Å². The van der Waals surface area contributed by atoms with Crippen LogP contribution in [0.1, 0.15) is 26.7 Å². The van der Waals surface area contributed by atoms with Gasteiger partial charge in [-0.15, -0.1) is 0 Å². The van der Waals surface area contributed by atoms with E-state index in [9.17, 15) is 14.0 Å². The molecule has 1 aromatic carbocycles. The van der Waals surface area contributed by atoms with Gasteiger partial charge in [-0.3, -0.25) is 9.59 Å². The summed E-state index contributed by atoms with van der Waals surface area (Å²) in [5.41, 5.74) is 0.413. The zero-order valence-corrected chi connectivity index (χ0v) is 12.4. The predicted octanol–water partition coefficient (Wildman–Crippen LogP) is 1.66. The van der Waals surface area contributed by atoms with Gasteiger partial charge in [-0.25, -0.2) is 4.39 Å². The lowest BCUT2D eigenvalue weighted by Crippen LogP contribution is -2.35. The number of anilines is 1. The molecule has 1 aromatic rings. The van der Waals surface area contributed by atoms with Gasteiger partial charge in [0, 0.05) is 24.7 Å². The molecule has 5 nitrogen and oxygen atoms in total. The van der Waals surface area contributed by atoms with E-state index in [1.807, 2.05) is 13.8 Å². The van der Waals surface area contributed by atoms with Gasteiger partial charge in [-0.1, -0.05) is 13.0 Å². The first-order chi connectivity index (χ1) is 10.0. The molecule has 6 heteroatoms. The largest absolute Gasteiger partial charge is 0.354 e. The zero-order valence-electron chi connectivity index (χ0n) is 12.4. The Labute approximate surface area is 124 Å². The van der Waals surface area contributed by atoms with Gasteiger partial charge in [0.05, 0.1) is 6.54 Å². The van der Waals surface area contributed by atoms with E-state index in [0.717, 1.165) is 6.42 Å². The monoisotopic (exact) mass is 295 g/mol. The van der Waals surface area contributed by atoms with Gasteiger partial charge in [-0.2, -0.15) is 0 Å². The highest BCUT2D eigenvalue weighted by atomic mass is 19.1. The third-order valence-electron chi connectivity index (χ3n) is 2.94. The van der Waals surface area contributed by atoms with E-state index in [-0.39, 0.29) is 24.4 Å². The third-order valence-corrected chi connectivity index (χ3v) is 2.94. The highest BCUT2D eigenvalue weighted by Gasteiger charge is 2.06. The maximum Gasteiger partial charge on any atom is 0.238 e. The molecule has 0 aromatic heterocycles. The first-order valence-electron chi connectivity index (χ1n) is 7.06. The minimum atomic E-state index is -0.400. The minimum absolute atomic E-state index is 0.0395. The molecular weight excluding hydrogens is 273 g/mol. The SMILES string of the molecule is CCC(C)NC(=O)CCNCC(=O)Nc1cccc(F)c1. The number of halogens is 1. The molecule has 0 saturated carbocycles. The average Bonchev–Trinajstić information content (AvgIpc) is 2.43. The Hall–Kier alpha value is -1.95. The lowest BCUT2D eigenvalue weighted by molar-refractivity contribution is -0.122. The number of hydrogen-bond acceptors (Lipinski definition) is 3. The number of hydrogen-bond donors (Lipinski definition) is 3. The second kappa shape index (κ2) is 9.07. The van der Waals surface area contributed by atoms with Crippen molar-refractivity contribution in [2.24, 2.45) is 0 Å². The average molecular weight is 295 g/mol. The molecule has 1 atom stereocenters. The van der Waals surface area contributed by atoms with Gasteiger partial charge < -0.3 is 16.0 Å². The van der Waals surface area contributed by atoms with Gasteiger partial charge in [0.2, 0.25) is 11.8 Å². The molecule has 0 fully saturated rings. The third kappa shape index (κ3) is 7.41. The van der Waals surface area contributed by atoms with Crippen LogP contribution < -0.4 is 16.0 Å². The van der Waals surface area contributed by atoms with Gasteiger partial charge in [0.15, 0.2) is 0 Å². The fourth-order valence-corrected chi connectivity index (χ4v) is 1.62. The van der Waals surface area contributed by atoms with Gasteiger partial charge >= 0.3 is 0 Å². The number of rotatable bonds is 8.